The fourth-order valence-corrected chi connectivity index (χ4v) is 2.96. The normalized spacial score (nSPS) is 11.9. The van der Waals surface area contributed by atoms with Gasteiger partial charge >= 0.3 is 0 Å². The molecule has 0 bridgehead atoms. The van der Waals surface area contributed by atoms with E-state index in [4.69, 9.17) is 5.73 Å². The molecule has 0 aliphatic heterocycles. The number of primary amides is 1. The first kappa shape index (κ1) is 17.7. The van der Waals surface area contributed by atoms with Crippen molar-refractivity contribution >= 4 is 22.6 Å². The van der Waals surface area contributed by atoms with Gasteiger partial charge in [-0.15, -0.1) is 0 Å². The molecule has 1 atom stereocenters. The first-order chi connectivity index (χ1) is 12.5. The van der Waals surface area contributed by atoms with E-state index in [0.717, 1.165) is 27.5 Å². The van der Waals surface area contributed by atoms with Crippen LogP contribution in [0.3, 0.4) is 0 Å². The summed E-state index contributed by atoms with van der Waals surface area (Å²) in [5.41, 5.74) is 8.49. The van der Waals surface area contributed by atoms with Gasteiger partial charge in [-0.05, 0) is 28.8 Å². The third-order valence-electron chi connectivity index (χ3n) is 4.42. The molecule has 4 heteroatoms. The zero-order chi connectivity index (χ0) is 18.5. The number of nitrogens with one attached hydrogen (secondary N) is 1. The largest absolute Gasteiger partial charge is 0.368 e. The van der Waals surface area contributed by atoms with Crippen molar-refractivity contribution in [1.82, 2.24) is 5.32 Å². The molecule has 0 saturated heterocycles. The Bertz CT molecular complexity index is 932. The number of nitrogens with two attached hydrogens (primary N) is 1. The van der Waals surface area contributed by atoms with Crippen LogP contribution >= 0.6 is 0 Å². The second-order valence-electron chi connectivity index (χ2n) is 6.57. The van der Waals surface area contributed by atoms with Crippen LogP contribution in [-0.4, -0.2) is 17.9 Å². The van der Waals surface area contributed by atoms with E-state index >= 15 is 0 Å². The molecule has 0 radical (unpaired) electrons. The first-order valence-corrected chi connectivity index (χ1v) is 8.63. The maximum absolute atomic E-state index is 12.4. The molecular weight excluding hydrogens is 324 g/mol. The highest BCUT2D eigenvalue weighted by Gasteiger charge is 2.18. The lowest BCUT2D eigenvalue weighted by atomic mass is 10.0. The third-order valence-corrected chi connectivity index (χ3v) is 4.42. The zero-order valence-corrected chi connectivity index (χ0v) is 14.7. The van der Waals surface area contributed by atoms with E-state index in [2.05, 4.69) is 5.32 Å². The third kappa shape index (κ3) is 4.48. The summed E-state index contributed by atoms with van der Waals surface area (Å²) in [6.45, 7) is 2.00. The Morgan fingerprint density at radius 1 is 0.923 bits per heavy atom. The molecule has 3 N–H and O–H groups in total. The molecular formula is C22H22N2O2. The maximum Gasteiger partial charge on any atom is 0.240 e. The summed E-state index contributed by atoms with van der Waals surface area (Å²) in [5, 5.41) is 4.98. The Hall–Kier alpha value is -3.14. The number of rotatable bonds is 6. The van der Waals surface area contributed by atoms with Crippen LogP contribution in [0, 0.1) is 6.92 Å². The van der Waals surface area contributed by atoms with E-state index in [1.807, 2.05) is 73.7 Å². The quantitative estimate of drug-likeness (QED) is 0.720. The molecule has 0 saturated carbocycles. The number of hydrogen-bond acceptors (Lipinski definition) is 2. The fraction of sp³-hybridized carbons (Fsp3) is 0.182. The van der Waals surface area contributed by atoms with E-state index in [9.17, 15) is 9.59 Å². The number of hydrogen-bond donors (Lipinski definition) is 2. The van der Waals surface area contributed by atoms with Gasteiger partial charge in [0, 0.05) is 6.42 Å². The topological polar surface area (TPSA) is 72.2 Å². The van der Waals surface area contributed by atoms with Crippen LogP contribution in [0.15, 0.2) is 66.7 Å². The second-order valence-corrected chi connectivity index (χ2v) is 6.57. The van der Waals surface area contributed by atoms with Crippen LogP contribution in [0.25, 0.3) is 10.8 Å². The summed E-state index contributed by atoms with van der Waals surface area (Å²) in [7, 11) is 0. The van der Waals surface area contributed by atoms with Crippen molar-refractivity contribution in [1.29, 1.82) is 0 Å². The second kappa shape index (κ2) is 7.83. The van der Waals surface area contributed by atoms with E-state index in [-0.39, 0.29) is 12.3 Å². The molecule has 26 heavy (non-hydrogen) atoms. The SMILES string of the molecule is Cc1ccc(C[C@@H](NC(=O)Cc2ccc3ccccc3c2)C(N)=O)cc1. The number of carbonyl (C=O) groups excluding carboxylic acids is 2. The van der Waals surface area contributed by atoms with E-state index in [1.54, 1.807) is 0 Å². The Morgan fingerprint density at radius 2 is 1.58 bits per heavy atom. The molecule has 3 rings (SSSR count). The summed E-state index contributed by atoms with van der Waals surface area (Å²) >= 11 is 0. The van der Waals surface area contributed by atoms with E-state index in [0.29, 0.717) is 6.42 Å². The molecule has 0 fully saturated rings. The standard InChI is InChI=1S/C22H22N2O2/c1-15-6-8-16(9-7-15)13-20(22(23)26)24-21(25)14-17-10-11-18-4-2-3-5-19(18)12-17/h2-12,20H,13-14H2,1H3,(H2,23,26)(H,24,25)/t20-/m1/s1. The summed E-state index contributed by atoms with van der Waals surface area (Å²) in [4.78, 5) is 24.1. The van der Waals surface area contributed by atoms with Crippen LogP contribution in [0.5, 0.6) is 0 Å². The summed E-state index contributed by atoms with van der Waals surface area (Å²) in [6, 6.07) is 21.0. The Labute approximate surface area is 153 Å². The lowest BCUT2D eigenvalue weighted by molar-refractivity contribution is -0.127. The van der Waals surface area contributed by atoms with Crippen molar-refractivity contribution in [2.75, 3.05) is 0 Å². The monoisotopic (exact) mass is 346 g/mol. The van der Waals surface area contributed by atoms with Crippen molar-refractivity contribution in [2.24, 2.45) is 5.73 Å². The van der Waals surface area contributed by atoms with Crippen molar-refractivity contribution in [3.05, 3.63) is 83.4 Å². The number of aryl methyl sites for hydroxylation is 1. The lowest BCUT2D eigenvalue weighted by Crippen LogP contribution is -2.46. The molecule has 2 amide bonds. The average molecular weight is 346 g/mol. The van der Waals surface area contributed by atoms with Crippen molar-refractivity contribution in [2.45, 2.75) is 25.8 Å². The molecule has 4 nitrogen and oxygen atoms in total. The van der Waals surface area contributed by atoms with Gasteiger partial charge in [0.1, 0.15) is 6.04 Å². The van der Waals surface area contributed by atoms with Gasteiger partial charge in [-0.3, -0.25) is 9.59 Å². The van der Waals surface area contributed by atoms with Crippen LogP contribution < -0.4 is 11.1 Å². The van der Waals surface area contributed by atoms with Gasteiger partial charge in [0.05, 0.1) is 6.42 Å². The molecule has 0 heterocycles. The van der Waals surface area contributed by atoms with Crippen molar-refractivity contribution in [3.63, 3.8) is 0 Å². The van der Waals surface area contributed by atoms with E-state index < -0.39 is 11.9 Å². The highest BCUT2D eigenvalue weighted by Crippen LogP contribution is 2.16. The van der Waals surface area contributed by atoms with E-state index in [1.165, 1.54) is 0 Å². The molecule has 0 unspecified atom stereocenters. The van der Waals surface area contributed by atoms with Crippen LogP contribution in [0.1, 0.15) is 16.7 Å². The molecule has 132 valence electrons. The average Bonchev–Trinajstić information content (AvgIpc) is 2.62. The minimum absolute atomic E-state index is 0.211. The molecule has 3 aromatic rings. The molecule has 3 aromatic carbocycles. The highest BCUT2D eigenvalue weighted by atomic mass is 16.2. The van der Waals surface area contributed by atoms with Crippen LogP contribution in [0.2, 0.25) is 0 Å². The van der Waals surface area contributed by atoms with Gasteiger partial charge in [-0.2, -0.15) is 0 Å². The Morgan fingerprint density at radius 3 is 2.27 bits per heavy atom. The Balaban J connectivity index is 1.67. The molecule has 0 spiro atoms. The molecule has 0 aromatic heterocycles. The molecule has 0 aliphatic rings. The molecule has 0 aliphatic carbocycles. The number of carbonyl (C=O) groups is 2. The Kier molecular flexibility index (Phi) is 5.32. The number of fused-ring (bicyclic) bond motifs is 1. The van der Waals surface area contributed by atoms with Crippen molar-refractivity contribution in [3.8, 4) is 0 Å². The van der Waals surface area contributed by atoms with Gasteiger partial charge in [0.2, 0.25) is 11.8 Å². The maximum atomic E-state index is 12.4. The summed E-state index contributed by atoms with van der Waals surface area (Å²) in [5.74, 6) is -0.742. The smallest absolute Gasteiger partial charge is 0.240 e. The van der Waals surface area contributed by atoms with Gasteiger partial charge in [-0.1, -0.05) is 72.3 Å². The highest BCUT2D eigenvalue weighted by molar-refractivity contribution is 5.89. The zero-order valence-electron chi connectivity index (χ0n) is 14.7. The lowest BCUT2D eigenvalue weighted by Gasteiger charge is -2.16. The minimum atomic E-state index is -0.717. The van der Waals surface area contributed by atoms with Gasteiger partial charge in [-0.25, -0.2) is 0 Å². The van der Waals surface area contributed by atoms with Gasteiger partial charge in [0.15, 0.2) is 0 Å². The van der Waals surface area contributed by atoms with Crippen molar-refractivity contribution < 1.29 is 9.59 Å². The summed E-state index contributed by atoms with van der Waals surface area (Å²) in [6.07, 6.45) is 0.599. The van der Waals surface area contributed by atoms with Crippen LogP contribution in [-0.2, 0) is 22.4 Å². The van der Waals surface area contributed by atoms with Gasteiger partial charge < -0.3 is 11.1 Å². The first-order valence-electron chi connectivity index (χ1n) is 8.63. The van der Waals surface area contributed by atoms with Gasteiger partial charge in [0.25, 0.3) is 0 Å². The predicted octanol–water partition coefficient (Wildman–Crippen LogP) is 2.90. The predicted molar refractivity (Wildman–Crippen MR) is 104 cm³/mol. The minimum Gasteiger partial charge on any atom is -0.368 e. The number of benzene rings is 3. The summed E-state index contributed by atoms with van der Waals surface area (Å²) < 4.78 is 0. The fourth-order valence-electron chi connectivity index (χ4n) is 2.96. The number of amides is 2. The van der Waals surface area contributed by atoms with Crippen LogP contribution in [0.4, 0.5) is 0 Å².